The van der Waals surface area contributed by atoms with Crippen molar-refractivity contribution in [1.82, 2.24) is 9.88 Å². The number of thioether (sulfide) groups is 1. The zero-order valence-corrected chi connectivity index (χ0v) is 11.5. The van der Waals surface area contributed by atoms with E-state index in [9.17, 15) is 0 Å². The van der Waals surface area contributed by atoms with E-state index in [1.165, 1.54) is 24.2 Å². The lowest BCUT2D eigenvalue weighted by atomic mass is 10.2. The summed E-state index contributed by atoms with van der Waals surface area (Å²) in [6.45, 7) is 6.67. The van der Waals surface area contributed by atoms with Crippen LogP contribution < -0.4 is 5.32 Å². The van der Waals surface area contributed by atoms with Gasteiger partial charge in [-0.05, 0) is 49.9 Å². The van der Waals surface area contributed by atoms with Gasteiger partial charge in [0.05, 0.1) is 0 Å². The predicted molar refractivity (Wildman–Crippen MR) is 74.1 cm³/mol. The zero-order valence-electron chi connectivity index (χ0n) is 10.7. The average molecular weight is 240 g/mol. The van der Waals surface area contributed by atoms with Crippen LogP contribution in [0.2, 0.25) is 0 Å². The summed E-state index contributed by atoms with van der Waals surface area (Å²) in [5.41, 5.74) is 1.40. The average Bonchev–Trinajstić information content (AvgIpc) is 2.75. The van der Waals surface area contributed by atoms with E-state index < -0.39 is 0 Å². The Morgan fingerprint density at radius 1 is 1.50 bits per heavy atom. The third-order valence-corrected chi connectivity index (χ3v) is 3.44. The molecule has 92 valence electrons. The van der Waals surface area contributed by atoms with Crippen LogP contribution in [0, 0.1) is 0 Å². The molecule has 0 saturated heterocycles. The third kappa shape index (κ3) is 4.62. The van der Waals surface area contributed by atoms with E-state index in [1.807, 2.05) is 11.8 Å². The Morgan fingerprint density at radius 2 is 2.31 bits per heavy atom. The number of rotatable bonds is 8. The minimum atomic E-state index is 0.474. The van der Waals surface area contributed by atoms with Crippen molar-refractivity contribution in [2.24, 2.45) is 0 Å². The number of hydrogen-bond acceptors (Lipinski definition) is 2. The summed E-state index contributed by atoms with van der Waals surface area (Å²) >= 11 is 1.92. The van der Waals surface area contributed by atoms with Gasteiger partial charge in [0.1, 0.15) is 0 Å². The fourth-order valence-electron chi connectivity index (χ4n) is 1.72. The Hall–Kier alpha value is -0.410. The summed E-state index contributed by atoms with van der Waals surface area (Å²) in [4.78, 5) is 0. The zero-order chi connectivity index (χ0) is 11.8. The van der Waals surface area contributed by atoms with Gasteiger partial charge in [0.2, 0.25) is 0 Å². The lowest BCUT2D eigenvalue weighted by molar-refractivity contribution is 0.568. The summed E-state index contributed by atoms with van der Waals surface area (Å²) in [6, 6.07) is 2.70. The molecule has 0 aliphatic carbocycles. The molecule has 0 saturated carbocycles. The van der Waals surface area contributed by atoms with Crippen LogP contribution in [-0.4, -0.2) is 23.1 Å². The molecule has 0 radical (unpaired) electrons. The molecule has 1 aromatic heterocycles. The van der Waals surface area contributed by atoms with Gasteiger partial charge in [-0.1, -0.05) is 6.92 Å². The molecule has 1 unspecified atom stereocenters. The highest BCUT2D eigenvalue weighted by Crippen LogP contribution is 2.13. The van der Waals surface area contributed by atoms with Gasteiger partial charge in [0.15, 0.2) is 0 Å². The second-order valence-electron chi connectivity index (χ2n) is 4.20. The molecule has 0 spiro atoms. The van der Waals surface area contributed by atoms with Gasteiger partial charge in [0, 0.05) is 25.0 Å². The summed E-state index contributed by atoms with van der Waals surface area (Å²) < 4.78 is 2.30. The normalized spacial score (nSPS) is 12.9. The lowest BCUT2D eigenvalue weighted by Gasteiger charge is -2.11. The fraction of sp³-hybridized carbons (Fsp3) is 0.692. The van der Waals surface area contributed by atoms with Crippen LogP contribution in [0.15, 0.2) is 18.5 Å². The Labute approximate surface area is 104 Å². The van der Waals surface area contributed by atoms with Gasteiger partial charge in [0.25, 0.3) is 0 Å². The maximum atomic E-state index is 3.51. The monoisotopic (exact) mass is 240 g/mol. The van der Waals surface area contributed by atoms with E-state index >= 15 is 0 Å². The minimum absolute atomic E-state index is 0.474. The van der Waals surface area contributed by atoms with Gasteiger partial charge in [-0.15, -0.1) is 0 Å². The van der Waals surface area contributed by atoms with Crippen molar-refractivity contribution in [3.05, 3.63) is 24.0 Å². The van der Waals surface area contributed by atoms with E-state index in [-0.39, 0.29) is 0 Å². The van der Waals surface area contributed by atoms with Crippen LogP contribution in [0.5, 0.6) is 0 Å². The molecule has 0 aliphatic rings. The smallest absolute Gasteiger partial charge is 0.0306 e. The van der Waals surface area contributed by atoms with E-state index in [1.54, 1.807) is 0 Å². The number of nitrogens with zero attached hydrogens (tertiary/aromatic N) is 1. The Bertz CT molecular complexity index is 283. The van der Waals surface area contributed by atoms with E-state index in [4.69, 9.17) is 0 Å². The van der Waals surface area contributed by atoms with Crippen molar-refractivity contribution in [2.75, 3.05) is 18.6 Å². The fourth-order valence-corrected chi connectivity index (χ4v) is 2.14. The Morgan fingerprint density at radius 3 is 3.00 bits per heavy atom. The number of nitrogens with one attached hydrogen (secondary N) is 1. The maximum absolute atomic E-state index is 3.51. The predicted octanol–water partition coefficient (Wildman–Crippen LogP) is 3.30. The SMILES string of the molecule is CCCNC(C)c1ccn(CCCSC)c1. The molecule has 0 fully saturated rings. The summed E-state index contributed by atoms with van der Waals surface area (Å²) in [6.07, 6.45) is 9.08. The first-order chi connectivity index (χ1) is 7.77. The quantitative estimate of drug-likeness (QED) is 0.702. The van der Waals surface area contributed by atoms with Crippen molar-refractivity contribution in [3.8, 4) is 0 Å². The van der Waals surface area contributed by atoms with Crippen LogP contribution in [0.3, 0.4) is 0 Å². The summed E-state index contributed by atoms with van der Waals surface area (Å²) in [7, 11) is 0. The molecule has 2 nitrogen and oxygen atoms in total. The molecule has 1 rings (SSSR count). The summed E-state index contributed by atoms with van der Waals surface area (Å²) in [5, 5.41) is 3.51. The molecule has 0 aromatic carbocycles. The van der Waals surface area contributed by atoms with E-state index in [0.29, 0.717) is 6.04 Å². The molecular formula is C13H24N2S. The van der Waals surface area contributed by atoms with Crippen molar-refractivity contribution >= 4 is 11.8 Å². The first-order valence-electron chi connectivity index (χ1n) is 6.16. The molecular weight excluding hydrogens is 216 g/mol. The topological polar surface area (TPSA) is 17.0 Å². The Balaban J connectivity index is 2.37. The molecule has 3 heteroatoms. The van der Waals surface area contributed by atoms with Crippen molar-refractivity contribution < 1.29 is 0 Å². The van der Waals surface area contributed by atoms with Gasteiger partial charge in [-0.25, -0.2) is 0 Å². The van der Waals surface area contributed by atoms with Gasteiger partial charge in [-0.3, -0.25) is 0 Å². The molecule has 1 N–H and O–H groups in total. The van der Waals surface area contributed by atoms with Crippen molar-refractivity contribution in [1.29, 1.82) is 0 Å². The van der Waals surface area contributed by atoms with Crippen LogP contribution in [-0.2, 0) is 6.54 Å². The first kappa shape index (κ1) is 13.7. The highest BCUT2D eigenvalue weighted by Gasteiger charge is 2.05. The lowest BCUT2D eigenvalue weighted by Crippen LogP contribution is -2.18. The van der Waals surface area contributed by atoms with E-state index in [0.717, 1.165) is 13.1 Å². The molecule has 1 heterocycles. The summed E-state index contributed by atoms with van der Waals surface area (Å²) in [5.74, 6) is 1.25. The molecule has 1 aromatic rings. The van der Waals surface area contributed by atoms with Crippen molar-refractivity contribution in [2.45, 2.75) is 39.3 Å². The maximum Gasteiger partial charge on any atom is 0.0306 e. The van der Waals surface area contributed by atoms with Gasteiger partial charge >= 0.3 is 0 Å². The molecule has 16 heavy (non-hydrogen) atoms. The van der Waals surface area contributed by atoms with Crippen LogP contribution in [0.25, 0.3) is 0 Å². The van der Waals surface area contributed by atoms with Crippen LogP contribution >= 0.6 is 11.8 Å². The van der Waals surface area contributed by atoms with Crippen LogP contribution in [0.1, 0.15) is 38.3 Å². The Kier molecular flexibility index (Phi) is 6.65. The standard InChI is InChI=1S/C13H24N2S/c1-4-7-14-12(2)13-6-9-15(11-13)8-5-10-16-3/h6,9,11-12,14H,4-5,7-8,10H2,1-3H3. The molecule has 0 amide bonds. The van der Waals surface area contributed by atoms with Crippen molar-refractivity contribution in [3.63, 3.8) is 0 Å². The van der Waals surface area contributed by atoms with Gasteiger partial charge in [-0.2, -0.15) is 11.8 Å². The molecule has 0 aliphatic heterocycles. The van der Waals surface area contributed by atoms with E-state index in [2.05, 4.69) is 48.4 Å². The number of hydrogen-bond donors (Lipinski definition) is 1. The van der Waals surface area contributed by atoms with Gasteiger partial charge < -0.3 is 9.88 Å². The second-order valence-corrected chi connectivity index (χ2v) is 5.19. The largest absolute Gasteiger partial charge is 0.354 e. The number of aryl methyl sites for hydroxylation is 1. The highest BCUT2D eigenvalue weighted by atomic mass is 32.2. The minimum Gasteiger partial charge on any atom is -0.354 e. The van der Waals surface area contributed by atoms with Crippen LogP contribution in [0.4, 0.5) is 0 Å². The second kappa shape index (κ2) is 7.80. The first-order valence-corrected chi connectivity index (χ1v) is 7.55. The molecule has 1 atom stereocenters. The highest BCUT2D eigenvalue weighted by molar-refractivity contribution is 7.98. The number of aromatic nitrogens is 1. The molecule has 0 bridgehead atoms. The third-order valence-electron chi connectivity index (χ3n) is 2.74.